The third kappa shape index (κ3) is 4.08. The Morgan fingerprint density at radius 1 is 1.20 bits per heavy atom. The number of pyridine rings is 1. The van der Waals surface area contributed by atoms with E-state index in [1.807, 2.05) is 12.1 Å². The van der Waals surface area contributed by atoms with E-state index in [4.69, 9.17) is 23.2 Å². The molecule has 0 fully saturated rings. The van der Waals surface area contributed by atoms with Crippen molar-refractivity contribution in [1.82, 2.24) is 10.3 Å². The van der Waals surface area contributed by atoms with Gasteiger partial charge in [0.05, 0.1) is 0 Å². The lowest BCUT2D eigenvalue weighted by Gasteiger charge is -2.03. The zero-order valence-corrected chi connectivity index (χ0v) is 12.0. The first kappa shape index (κ1) is 14.6. The normalized spacial score (nSPS) is 10.7. The second-order valence-electron chi connectivity index (χ2n) is 4.05. The number of benzene rings is 1. The topological polar surface area (TPSA) is 42.0 Å². The molecule has 1 aromatic heterocycles. The summed E-state index contributed by atoms with van der Waals surface area (Å²) in [6.45, 7) is 0.424. The standard InChI is InChI=1S/C15H12Cl2N2O/c16-13-4-1-5-14(17)12(13)6-7-15(20)19-10-11-3-2-8-18-9-11/h1-9H,10H2,(H,19,20). The lowest BCUT2D eigenvalue weighted by molar-refractivity contribution is -0.116. The Balaban J connectivity index is 1.96. The molecule has 0 aliphatic rings. The van der Waals surface area contributed by atoms with Gasteiger partial charge < -0.3 is 5.32 Å². The second-order valence-corrected chi connectivity index (χ2v) is 4.86. The summed E-state index contributed by atoms with van der Waals surface area (Å²) in [7, 11) is 0. The minimum atomic E-state index is -0.218. The van der Waals surface area contributed by atoms with Crippen molar-refractivity contribution in [3.05, 3.63) is 70.0 Å². The molecule has 3 nitrogen and oxygen atoms in total. The van der Waals surface area contributed by atoms with Gasteiger partial charge in [0.2, 0.25) is 5.91 Å². The third-order valence-electron chi connectivity index (χ3n) is 2.59. The van der Waals surface area contributed by atoms with Crippen molar-refractivity contribution in [3.8, 4) is 0 Å². The smallest absolute Gasteiger partial charge is 0.244 e. The van der Waals surface area contributed by atoms with Crippen molar-refractivity contribution >= 4 is 35.2 Å². The van der Waals surface area contributed by atoms with Gasteiger partial charge in [0.15, 0.2) is 0 Å². The summed E-state index contributed by atoms with van der Waals surface area (Å²) in [6.07, 6.45) is 6.40. The fourth-order valence-corrected chi connectivity index (χ4v) is 2.10. The van der Waals surface area contributed by atoms with Crippen LogP contribution >= 0.6 is 23.2 Å². The largest absolute Gasteiger partial charge is 0.348 e. The molecule has 1 heterocycles. The van der Waals surface area contributed by atoms with E-state index in [1.54, 1.807) is 36.7 Å². The Hall–Kier alpha value is -1.84. The molecule has 20 heavy (non-hydrogen) atoms. The van der Waals surface area contributed by atoms with Gasteiger partial charge in [0, 0.05) is 40.6 Å². The fraction of sp³-hybridized carbons (Fsp3) is 0.0667. The SMILES string of the molecule is O=C(C=Cc1c(Cl)cccc1Cl)NCc1cccnc1. The predicted octanol–water partition coefficient (Wildman–Crippen LogP) is 3.72. The number of hydrogen-bond acceptors (Lipinski definition) is 2. The van der Waals surface area contributed by atoms with Gasteiger partial charge in [-0.1, -0.05) is 35.3 Å². The summed E-state index contributed by atoms with van der Waals surface area (Å²) in [5, 5.41) is 3.77. The summed E-state index contributed by atoms with van der Waals surface area (Å²) in [5.41, 5.74) is 1.57. The minimum Gasteiger partial charge on any atom is -0.348 e. The van der Waals surface area contributed by atoms with E-state index < -0.39 is 0 Å². The van der Waals surface area contributed by atoms with Gasteiger partial charge in [-0.25, -0.2) is 0 Å². The molecule has 2 aromatic rings. The highest BCUT2D eigenvalue weighted by Crippen LogP contribution is 2.25. The van der Waals surface area contributed by atoms with Crippen molar-refractivity contribution in [2.24, 2.45) is 0 Å². The monoisotopic (exact) mass is 306 g/mol. The van der Waals surface area contributed by atoms with Crippen LogP contribution in [-0.2, 0) is 11.3 Å². The van der Waals surface area contributed by atoms with Crippen molar-refractivity contribution in [2.75, 3.05) is 0 Å². The van der Waals surface area contributed by atoms with E-state index in [0.717, 1.165) is 5.56 Å². The Bertz CT molecular complexity index is 607. The van der Waals surface area contributed by atoms with Crippen LogP contribution in [0.4, 0.5) is 0 Å². The van der Waals surface area contributed by atoms with Crippen LogP contribution in [0.25, 0.3) is 6.08 Å². The van der Waals surface area contributed by atoms with Gasteiger partial charge in [-0.05, 0) is 29.8 Å². The van der Waals surface area contributed by atoms with Gasteiger partial charge in [0.1, 0.15) is 0 Å². The van der Waals surface area contributed by atoms with Crippen LogP contribution in [0.5, 0.6) is 0 Å². The number of hydrogen-bond donors (Lipinski definition) is 1. The molecule has 0 spiro atoms. The zero-order chi connectivity index (χ0) is 14.4. The summed E-state index contributed by atoms with van der Waals surface area (Å²) in [4.78, 5) is 15.7. The lowest BCUT2D eigenvalue weighted by atomic mass is 10.2. The number of amides is 1. The highest BCUT2D eigenvalue weighted by atomic mass is 35.5. The Morgan fingerprint density at radius 2 is 1.95 bits per heavy atom. The quantitative estimate of drug-likeness (QED) is 0.875. The van der Waals surface area contributed by atoms with E-state index >= 15 is 0 Å². The van der Waals surface area contributed by atoms with Gasteiger partial charge >= 0.3 is 0 Å². The van der Waals surface area contributed by atoms with Crippen LogP contribution in [0.3, 0.4) is 0 Å². The number of aromatic nitrogens is 1. The molecule has 1 amide bonds. The summed E-state index contributed by atoms with van der Waals surface area (Å²) in [6, 6.07) is 8.91. The summed E-state index contributed by atoms with van der Waals surface area (Å²) in [5.74, 6) is -0.218. The first-order valence-corrected chi connectivity index (χ1v) is 6.71. The van der Waals surface area contributed by atoms with E-state index in [1.165, 1.54) is 6.08 Å². The molecule has 102 valence electrons. The van der Waals surface area contributed by atoms with E-state index in [-0.39, 0.29) is 5.91 Å². The minimum absolute atomic E-state index is 0.218. The molecule has 1 aromatic carbocycles. The van der Waals surface area contributed by atoms with Gasteiger partial charge in [-0.15, -0.1) is 0 Å². The van der Waals surface area contributed by atoms with Crippen molar-refractivity contribution in [1.29, 1.82) is 0 Å². The van der Waals surface area contributed by atoms with E-state index in [0.29, 0.717) is 22.2 Å². The number of nitrogens with one attached hydrogen (secondary N) is 1. The number of rotatable bonds is 4. The molecule has 2 rings (SSSR count). The predicted molar refractivity (Wildman–Crippen MR) is 81.6 cm³/mol. The van der Waals surface area contributed by atoms with Crippen LogP contribution in [0.1, 0.15) is 11.1 Å². The maximum absolute atomic E-state index is 11.7. The van der Waals surface area contributed by atoms with E-state index in [2.05, 4.69) is 10.3 Å². The molecule has 0 unspecified atom stereocenters. The second kappa shape index (κ2) is 7.08. The van der Waals surface area contributed by atoms with Crippen molar-refractivity contribution < 1.29 is 4.79 Å². The number of carbonyl (C=O) groups is 1. The summed E-state index contributed by atoms with van der Waals surface area (Å²) < 4.78 is 0. The maximum atomic E-state index is 11.7. The molecular weight excluding hydrogens is 295 g/mol. The molecule has 0 bridgehead atoms. The highest BCUT2D eigenvalue weighted by molar-refractivity contribution is 6.37. The van der Waals surface area contributed by atoms with Crippen LogP contribution in [-0.4, -0.2) is 10.9 Å². The van der Waals surface area contributed by atoms with Crippen molar-refractivity contribution in [2.45, 2.75) is 6.54 Å². The summed E-state index contributed by atoms with van der Waals surface area (Å²) >= 11 is 12.0. The average molecular weight is 307 g/mol. The fourth-order valence-electron chi connectivity index (χ4n) is 1.58. The van der Waals surface area contributed by atoms with Crippen molar-refractivity contribution in [3.63, 3.8) is 0 Å². The molecule has 1 N–H and O–H groups in total. The average Bonchev–Trinajstić information content (AvgIpc) is 2.46. The molecule has 5 heteroatoms. The molecule has 0 saturated carbocycles. The highest BCUT2D eigenvalue weighted by Gasteiger charge is 2.02. The number of halogens is 2. The van der Waals surface area contributed by atoms with Crippen LogP contribution < -0.4 is 5.32 Å². The Labute approximate surface area is 127 Å². The van der Waals surface area contributed by atoms with E-state index in [9.17, 15) is 4.79 Å². The first-order chi connectivity index (χ1) is 9.66. The number of carbonyl (C=O) groups excluding carboxylic acids is 1. The number of nitrogens with zero attached hydrogens (tertiary/aromatic N) is 1. The molecular formula is C15H12Cl2N2O. The van der Waals surface area contributed by atoms with Crippen LogP contribution in [0.2, 0.25) is 10.0 Å². The third-order valence-corrected chi connectivity index (χ3v) is 3.25. The van der Waals surface area contributed by atoms with Gasteiger partial charge in [0.25, 0.3) is 0 Å². The molecule has 0 atom stereocenters. The molecule has 0 saturated heterocycles. The lowest BCUT2D eigenvalue weighted by Crippen LogP contribution is -2.20. The molecule has 0 radical (unpaired) electrons. The first-order valence-electron chi connectivity index (χ1n) is 5.95. The Kier molecular flexibility index (Phi) is 5.16. The van der Waals surface area contributed by atoms with Crippen LogP contribution in [0, 0.1) is 0 Å². The zero-order valence-electron chi connectivity index (χ0n) is 10.5. The van der Waals surface area contributed by atoms with Gasteiger partial charge in [-0.3, -0.25) is 9.78 Å². The van der Waals surface area contributed by atoms with Gasteiger partial charge in [-0.2, -0.15) is 0 Å². The molecule has 0 aliphatic carbocycles. The van der Waals surface area contributed by atoms with Crippen LogP contribution in [0.15, 0.2) is 48.8 Å². The molecule has 0 aliphatic heterocycles. The Morgan fingerprint density at radius 3 is 2.60 bits per heavy atom. The maximum Gasteiger partial charge on any atom is 0.244 e.